The highest BCUT2D eigenvalue weighted by Gasteiger charge is 2.08. The summed E-state index contributed by atoms with van der Waals surface area (Å²) < 4.78 is 13.3. The van der Waals surface area contributed by atoms with E-state index in [9.17, 15) is 9.18 Å². The first kappa shape index (κ1) is 13.0. The molecule has 0 aromatic heterocycles. The summed E-state index contributed by atoms with van der Waals surface area (Å²) in [6, 6.07) is 13.4. The van der Waals surface area contributed by atoms with Gasteiger partial charge in [-0.2, -0.15) is 5.10 Å². The van der Waals surface area contributed by atoms with Crippen LogP contribution in [-0.4, -0.2) is 12.1 Å². The van der Waals surface area contributed by atoms with Crippen LogP contribution < -0.4 is 5.43 Å². The van der Waals surface area contributed by atoms with Crippen LogP contribution in [0, 0.1) is 12.7 Å². The molecule has 19 heavy (non-hydrogen) atoms. The molecule has 0 unspecified atom stereocenters. The number of hydrazone groups is 1. The summed E-state index contributed by atoms with van der Waals surface area (Å²) in [5.74, 6) is -1.13. The fourth-order valence-electron chi connectivity index (χ4n) is 1.60. The lowest BCUT2D eigenvalue weighted by molar-refractivity contribution is 0.0951. The van der Waals surface area contributed by atoms with Crippen molar-refractivity contribution in [3.05, 3.63) is 71.0 Å². The number of benzene rings is 2. The Morgan fingerprint density at radius 1 is 1.16 bits per heavy atom. The Hall–Kier alpha value is -2.49. The molecule has 0 radical (unpaired) electrons. The van der Waals surface area contributed by atoms with Crippen molar-refractivity contribution in [2.75, 3.05) is 0 Å². The van der Waals surface area contributed by atoms with Crippen molar-refractivity contribution in [3.63, 3.8) is 0 Å². The summed E-state index contributed by atoms with van der Waals surface area (Å²) in [6.07, 6.45) is 1.54. The van der Waals surface area contributed by atoms with Gasteiger partial charge >= 0.3 is 0 Å². The molecule has 1 N–H and O–H groups in total. The van der Waals surface area contributed by atoms with Crippen LogP contribution in [0.4, 0.5) is 4.39 Å². The van der Waals surface area contributed by atoms with Crippen LogP contribution in [0.2, 0.25) is 0 Å². The summed E-state index contributed by atoms with van der Waals surface area (Å²) in [7, 11) is 0. The number of halogens is 1. The van der Waals surface area contributed by atoms with Crippen molar-refractivity contribution in [2.24, 2.45) is 5.10 Å². The zero-order chi connectivity index (χ0) is 13.7. The average Bonchev–Trinajstić information content (AvgIpc) is 2.41. The van der Waals surface area contributed by atoms with Crippen molar-refractivity contribution in [1.29, 1.82) is 0 Å². The first-order valence-corrected chi connectivity index (χ1v) is 5.82. The highest BCUT2D eigenvalue weighted by atomic mass is 19.1. The van der Waals surface area contributed by atoms with Gasteiger partial charge in [0.1, 0.15) is 5.82 Å². The molecule has 0 aliphatic carbocycles. The number of hydrogen-bond acceptors (Lipinski definition) is 2. The number of rotatable bonds is 3. The lowest BCUT2D eigenvalue weighted by atomic mass is 10.1. The Morgan fingerprint density at radius 2 is 1.84 bits per heavy atom. The Morgan fingerprint density at radius 3 is 2.58 bits per heavy atom. The van der Waals surface area contributed by atoms with Crippen LogP contribution in [0.3, 0.4) is 0 Å². The van der Waals surface area contributed by atoms with Gasteiger partial charge in [0.25, 0.3) is 5.91 Å². The molecule has 2 aromatic rings. The lowest BCUT2D eigenvalue weighted by Gasteiger charge is -2.01. The number of nitrogens with one attached hydrogen (secondary N) is 1. The second-order valence-electron chi connectivity index (χ2n) is 4.04. The van der Waals surface area contributed by atoms with Gasteiger partial charge < -0.3 is 0 Å². The summed E-state index contributed by atoms with van der Waals surface area (Å²) in [5, 5.41) is 3.83. The molecule has 0 fully saturated rings. The zero-order valence-corrected chi connectivity index (χ0v) is 10.4. The molecule has 0 saturated carbocycles. The minimum atomic E-state index is -0.567. The maximum Gasteiger partial charge on any atom is 0.274 e. The van der Waals surface area contributed by atoms with E-state index < -0.39 is 11.7 Å². The molecule has 2 aromatic carbocycles. The normalized spacial score (nSPS) is 10.6. The largest absolute Gasteiger partial charge is 0.274 e. The summed E-state index contributed by atoms with van der Waals surface area (Å²) >= 11 is 0. The van der Waals surface area contributed by atoms with Gasteiger partial charge in [-0.15, -0.1) is 0 Å². The molecule has 0 atom stereocenters. The predicted octanol–water partition coefficient (Wildman–Crippen LogP) is 2.90. The smallest absolute Gasteiger partial charge is 0.267 e. The van der Waals surface area contributed by atoms with Crippen molar-refractivity contribution < 1.29 is 9.18 Å². The summed E-state index contributed by atoms with van der Waals surface area (Å²) in [5.41, 5.74) is 4.23. The van der Waals surface area contributed by atoms with Crippen LogP contribution in [-0.2, 0) is 0 Å². The third-order valence-electron chi connectivity index (χ3n) is 2.68. The van der Waals surface area contributed by atoms with E-state index in [1.54, 1.807) is 6.07 Å². The van der Waals surface area contributed by atoms with E-state index in [1.807, 2.05) is 31.2 Å². The third-order valence-corrected chi connectivity index (χ3v) is 2.68. The first-order valence-electron chi connectivity index (χ1n) is 5.82. The fourth-order valence-corrected chi connectivity index (χ4v) is 1.60. The minimum Gasteiger partial charge on any atom is -0.267 e. The highest BCUT2D eigenvalue weighted by Crippen LogP contribution is 2.06. The van der Waals surface area contributed by atoms with Crippen LogP contribution >= 0.6 is 0 Å². The molecular formula is C15H13FN2O. The van der Waals surface area contributed by atoms with Crippen LogP contribution in [0.25, 0.3) is 0 Å². The minimum absolute atomic E-state index is 0.0237. The second kappa shape index (κ2) is 5.91. The standard InChI is InChI=1S/C15H13FN2O/c1-11-6-2-3-7-12(11)10-17-18-15(19)13-8-4-5-9-14(13)16/h2-10H,1H3,(H,18,19)/b17-10-. The number of carbonyl (C=O) groups excluding carboxylic acids is 1. The SMILES string of the molecule is Cc1ccccc1/C=N\NC(=O)c1ccccc1F. The van der Waals surface area contributed by atoms with Crippen LogP contribution in [0.1, 0.15) is 21.5 Å². The summed E-state index contributed by atoms with van der Waals surface area (Å²) in [4.78, 5) is 11.7. The summed E-state index contributed by atoms with van der Waals surface area (Å²) in [6.45, 7) is 1.94. The third kappa shape index (κ3) is 3.25. The van der Waals surface area contributed by atoms with Crippen molar-refractivity contribution in [3.8, 4) is 0 Å². The van der Waals surface area contributed by atoms with Gasteiger partial charge in [-0.1, -0.05) is 36.4 Å². The Labute approximate surface area is 110 Å². The Balaban J connectivity index is 2.06. The van der Waals surface area contributed by atoms with Crippen molar-refractivity contribution in [2.45, 2.75) is 6.92 Å². The Kier molecular flexibility index (Phi) is 4.03. The van der Waals surface area contributed by atoms with Gasteiger partial charge in [0.05, 0.1) is 11.8 Å². The molecule has 0 heterocycles. The molecule has 96 valence electrons. The zero-order valence-electron chi connectivity index (χ0n) is 10.4. The maximum atomic E-state index is 13.3. The molecular weight excluding hydrogens is 243 g/mol. The molecule has 0 aliphatic heterocycles. The molecule has 0 aliphatic rings. The van der Waals surface area contributed by atoms with Gasteiger partial charge in [-0.05, 0) is 30.2 Å². The quantitative estimate of drug-likeness (QED) is 0.665. The van der Waals surface area contributed by atoms with Gasteiger partial charge in [-0.3, -0.25) is 4.79 Å². The number of aryl methyl sites for hydroxylation is 1. The Bertz CT molecular complexity index is 623. The van der Waals surface area contributed by atoms with Crippen molar-refractivity contribution >= 4 is 12.1 Å². The van der Waals surface area contributed by atoms with Gasteiger partial charge in [-0.25, -0.2) is 9.82 Å². The first-order chi connectivity index (χ1) is 9.18. The van der Waals surface area contributed by atoms with Crippen LogP contribution in [0.15, 0.2) is 53.6 Å². The molecule has 4 heteroatoms. The van der Waals surface area contributed by atoms with Gasteiger partial charge in [0.15, 0.2) is 0 Å². The van der Waals surface area contributed by atoms with E-state index >= 15 is 0 Å². The second-order valence-corrected chi connectivity index (χ2v) is 4.04. The monoisotopic (exact) mass is 256 g/mol. The van der Waals surface area contributed by atoms with Crippen LogP contribution in [0.5, 0.6) is 0 Å². The average molecular weight is 256 g/mol. The van der Waals surface area contributed by atoms with E-state index in [0.29, 0.717) is 0 Å². The number of amides is 1. The molecule has 3 nitrogen and oxygen atoms in total. The topological polar surface area (TPSA) is 41.5 Å². The predicted molar refractivity (Wildman–Crippen MR) is 72.6 cm³/mol. The number of carbonyl (C=O) groups is 1. The molecule has 0 spiro atoms. The van der Waals surface area contributed by atoms with E-state index in [4.69, 9.17) is 0 Å². The molecule has 2 rings (SSSR count). The van der Waals surface area contributed by atoms with Gasteiger partial charge in [0.2, 0.25) is 0 Å². The van der Waals surface area contributed by atoms with Crippen molar-refractivity contribution in [1.82, 2.24) is 5.43 Å². The van der Waals surface area contributed by atoms with E-state index in [1.165, 1.54) is 24.4 Å². The molecule has 0 bridgehead atoms. The maximum absolute atomic E-state index is 13.3. The number of hydrogen-bond donors (Lipinski definition) is 1. The number of nitrogens with zero attached hydrogens (tertiary/aromatic N) is 1. The molecule has 0 saturated heterocycles. The van der Waals surface area contributed by atoms with Gasteiger partial charge in [0, 0.05) is 0 Å². The van der Waals surface area contributed by atoms with E-state index in [-0.39, 0.29) is 5.56 Å². The van der Waals surface area contributed by atoms with E-state index in [2.05, 4.69) is 10.5 Å². The lowest BCUT2D eigenvalue weighted by Crippen LogP contribution is -2.19. The fraction of sp³-hybridized carbons (Fsp3) is 0.0667. The van der Waals surface area contributed by atoms with E-state index in [0.717, 1.165) is 11.1 Å². The highest BCUT2D eigenvalue weighted by molar-refractivity contribution is 5.95. The molecule has 1 amide bonds.